The fourth-order valence-corrected chi connectivity index (χ4v) is 4.72. The summed E-state index contributed by atoms with van der Waals surface area (Å²) in [7, 11) is -3.05. The molecule has 7 heteroatoms. The lowest BCUT2D eigenvalue weighted by Gasteiger charge is -2.18. The summed E-state index contributed by atoms with van der Waals surface area (Å²) >= 11 is 0. The highest BCUT2D eigenvalue weighted by Crippen LogP contribution is 2.46. The summed E-state index contributed by atoms with van der Waals surface area (Å²) in [4.78, 5) is 24.8. The average molecular weight is 350 g/mol. The van der Waals surface area contributed by atoms with Crippen LogP contribution in [0.3, 0.4) is 0 Å². The van der Waals surface area contributed by atoms with Crippen molar-refractivity contribution in [1.29, 1.82) is 0 Å². The Balaban J connectivity index is 1.49. The molecule has 1 aliphatic heterocycles. The van der Waals surface area contributed by atoms with Crippen LogP contribution in [-0.4, -0.2) is 44.3 Å². The maximum Gasteiger partial charge on any atom is 0.235 e. The number of amides is 2. The maximum absolute atomic E-state index is 12.4. The van der Waals surface area contributed by atoms with Gasteiger partial charge in [-0.1, -0.05) is 30.3 Å². The molecule has 1 saturated carbocycles. The summed E-state index contributed by atoms with van der Waals surface area (Å²) in [5.41, 5.74) is 0.131. The molecule has 0 aromatic heterocycles. The highest BCUT2D eigenvalue weighted by molar-refractivity contribution is 7.91. The van der Waals surface area contributed by atoms with E-state index in [1.165, 1.54) is 0 Å². The number of hydrogen-bond donors (Lipinski definition) is 2. The van der Waals surface area contributed by atoms with Crippen molar-refractivity contribution in [1.82, 2.24) is 10.6 Å². The molecule has 1 aromatic carbocycles. The van der Waals surface area contributed by atoms with Gasteiger partial charge in [0.05, 0.1) is 11.5 Å². The van der Waals surface area contributed by atoms with Crippen LogP contribution in [0.4, 0.5) is 0 Å². The van der Waals surface area contributed by atoms with E-state index >= 15 is 0 Å². The van der Waals surface area contributed by atoms with E-state index in [1.54, 1.807) is 0 Å². The first-order valence-electron chi connectivity index (χ1n) is 8.25. The van der Waals surface area contributed by atoms with Crippen LogP contribution in [0.2, 0.25) is 0 Å². The van der Waals surface area contributed by atoms with E-state index in [2.05, 4.69) is 10.6 Å². The normalized spacial score (nSPS) is 23.4. The first kappa shape index (κ1) is 17.0. The summed E-state index contributed by atoms with van der Waals surface area (Å²) in [6, 6.07) is 9.45. The quantitative estimate of drug-likeness (QED) is 0.728. The Morgan fingerprint density at radius 1 is 1.12 bits per heavy atom. The third kappa shape index (κ3) is 3.77. The lowest BCUT2D eigenvalue weighted by Crippen LogP contribution is -2.47. The third-order valence-corrected chi connectivity index (χ3v) is 6.50. The minimum absolute atomic E-state index is 0.0234. The van der Waals surface area contributed by atoms with Crippen LogP contribution in [-0.2, 0) is 25.8 Å². The fourth-order valence-electron chi connectivity index (χ4n) is 3.05. The Morgan fingerprint density at radius 3 is 2.42 bits per heavy atom. The second kappa shape index (κ2) is 6.55. The van der Waals surface area contributed by atoms with Gasteiger partial charge in [0.15, 0.2) is 9.84 Å². The van der Waals surface area contributed by atoms with Gasteiger partial charge in [-0.05, 0) is 31.2 Å². The second-order valence-electron chi connectivity index (χ2n) is 6.65. The molecule has 1 aromatic rings. The van der Waals surface area contributed by atoms with Crippen molar-refractivity contribution in [3.63, 3.8) is 0 Å². The molecule has 2 amide bonds. The minimum atomic E-state index is -3.05. The molecule has 2 aliphatic rings. The molecular weight excluding hydrogens is 328 g/mol. The van der Waals surface area contributed by atoms with Crippen molar-refractivity contribution in [3.05, 3.63) is 35.9 Å². The first-order valence-corrected chi connectivity index (χ1v) is 10.1. The molecule has 1 heterocycles. The number of carbonyl (C=O) groups is 2. The monoisotopic (exact) mass is 350 g/mol. The number of benzene rings is 1. The fraction of sp³-hybridized carbons (Fsp3) is 0.529. The van der Waals surface area contributed by atoms with Crippen LogP contribution in [0.15, 0.2) is 30.3 Å². The van der Waals surface area contributed by atoms with Gasteiger partial charge in [0.2, 0.25) is 11.8 Å². The molecule has 6 nitrogen and oxygen atoms in total. The van der Waals surface area contributed by atoms with Crippen LogP contribution in [0.1, 0.15) is 24.8 Å². The van der Waals surface area contributed by atoms with E-state index in [0.717, 1.165) is 5.56 Å². The third-order valence-electron chi connectivity index (χ3n) is 4.73. The van der Waals surface area contributed by atoms with Crippen LogP contribution < -0.4 is 10.6 Å². The zero-order valence-electron chi connectivity index (χ0n) is 13.5. The maximum atomic E-state index is 12.4. The minimum Gasteiger partial charge on any atom is -0.355 e. The van der Waals surface area contributed by atoms with Crippen LogP contribution in [0.25, 0.3) is 0 Å². The van der Waals surface area contributed by atoms with Gasteiger partial charge in [-0.3, -0.25) is 9.59 Å². The number of hydrogen-bond acceptors (Lipinski definition) is 4. The van der Waals surface area contributed by atoms with Crippen molar-refractivity contribution in [2.75, 3.05) is 18.1 Å². The molecule has 24 heavy (non-hydrogen) atoms. The van der Waals surface area contributed by atoms with Crippen LogP contribution in [0.5, 0.6) is 0 Å². The van der Waals surface area contributed by atoms with Gasteiger partial charge in [-0.2, -0.15) is 0 Å². The standard InChI is InChI=1S/C17H22N2O4S/c20-15(18-10-6-13-4-2-1-3-5-13)17(8-9-17)16(21)19-14-7-11-24(22,23)12-14/h1-5,14H,6-12H2,(H,18,20)(H,19,21). The summed E-state index contributed by atoms with van der Waals surface area (Å²) < 4.78 is 22.9. The molecular formula is C17H22N2O4S. The second-order valence-corrected chi connectivity index (χ2v) is 8.88. The van der Waals surface area contributed by atoms with Crippen molar-refractivity contribution in [2.24, 2.45) is 5.41 Å². The lowest BCUT2D eigenvalue weighted by atomic mass is 10.0. The number of nitrogens with one attached hydrogen (secondary N) is 2. The smallest absolute Gasteiger partial charge is 0.235 e. The number of carbonyl (C=O) groups excluding carboxylic acids is 2. The number of sulfone groups is 1. The van der Waals surface area contributed by atoms with E-state index in [4.69, 9.17) is 0 Å². The largest absolute Gasteiger partial charge is 0.355 e. The molecule has 0 radical (unpaired) electrons. The Labute approximate surface area is 141 Å². The van der Waals surface area contributed by atoms with Crippen molar-refractivity contribution < 1.29 is 18.0 Å². The van der Waals surface area contributed by atoms with Crippen LogP contribution >= 0.6 is 0 Å². The molecule has 2 fully saturated rings. The molecule has 2 N–H and O–H groups in total. The predicted molar refractivity (Wildman–Crippen MR) is 90.0 cm³/mol. The zero-order valence-corrected chi connectivity index (χ0v) is 14.3. The van der Waals surface area contributed by atoms with Gasteiger partial charge in [-0.25, -0.2) is 8.42 Å². The zero-order chi connectivity index (χ0) is 17.2. The van der Waals surface area contributed by atoms with Crippen molar-refractivity contribution in [3.8, 4) is 0 Å². The molecule has 0 bridgehead atoms. The highest BCUT2D eigenvalue weighted by Gasteiger charge is 2.56. The summed E-state index contributed by atoms with van der Waals surface area (Å²) in [5.74, 6) is -0.503. The van der Waals surface area contributed by atoms with E-state index in [-0.39, 0.29) is 29.4 Å². The lowest BCUT2D eigenvalue weighted by molar-refractivity contribution is -0.137. The molecule has 1 saturated heterocycles. The van der Waals surface area contributed by atoms with Crippen molar-refractivity contribution >= 4 is 21.7 Å². The van der Waals surface area contributed by atoms with Gasteiger partial charge in [0.25, 0.3) is 0 Å². The molecule has 1 atom stereocenters. The Morgan fingerprint density at radius 2 is 1.83 bits per heavy atom. The topological polar surface area (TPSA) is 92.3 Å². The highest BCUT2D eigenvalue weighted by atomic mass is 32.2. The van der Waals surface area contributed by atoms with Gasteiger partial charge in [0.1, 0.15) is 5.41 Å². The molecule has 1 unspecified atom stereocenters. The van der Waals surface area contributed by atoms with Crippen molar-refractivity contribution in [2.45, 2.75) is 31.7 Å². The Bertz CT molecular complexity index is 726. The van der Waals surface area contributed by atoms with E-state index in [0.29, 0.717) is 32.2 Å². The summed E-state index contributed by atoms with van der Waals surface area (Å²) in [5, 5.41) is 5.59. The Hall–Kier alpha value is -1.89. The van der Waals surface area contributed by atoms with E-state index < -0.39 is 15.3 Å². The van der Waals surface area contributed by atoms with Gasteiger partial charge >= 0.3 is 0 Å². The van der Waals surface area contributed by atoms with Gasteiger partial charge in [0, 0.05) is 12.6 Å². The predicted octanol–water partition coefficient (Wildman–Crippen LogP) is 0.429. The van der Waals surface area contributed by atoms with Crippen LogP contribution in [0, 0.1) is 5.41 Å². The molecule has 1 aliphatic carbocycles. The van der Waals surface area contributed by atoms with E-state index in [9.17, 15) is 18.0 Å². The Kier molecular flexibility index (Phi) is 4.62. The number of rotatable bonds is 6. The molecule has 0 spiro atoms. The summed E-state index contributed by atoms with van der Waals surface area (Å²) in [6.07, 6.45) is 2.19. The van der Waals surface area contributed by atoms with Gasteiger partial charge < -0.3 is 10.6 Å². The van der Waals surface area contributed by atoms with Gasteiger partial charge in [-0.15, -0.1) is 0 Å². The SMILES string of the molecule is O=C(NCCc1ccccc1)C1(C(=O)NC2CCS(=O)(=O)C2)CC1. The summed E-state index contributed by atoms with van der Waals surface area (Å²) in [6.45, 7) is 0.482. The average Bonchev–Trinajstić information content (AvgIpc) is 3.29. The molecule has 130 valence electrons. The van der Waals surface area contributed by atoms with E-state index in [1.807, 2.05) is 30.3 Å². The first-order chi connectivity index (χ1) is 11.4. The molecule has 3 rings (SSSR count).